The Morgan fingerprint density at radius 3 is 2.66 bits per heavy atom. The summed E-state index contributed by atoms with van der Waals surface area (Å²) in [5, 5.41) is 0.927. The maximum atomic E-state index is 12.9. The predicted octanol–water partition coefficient (Wildman–Crippen LogP) is 4.98. The van der Waals surface area contributed by atoms with Crippen LogP contribution in [0.4, 0.5) is 0 Å². The third-order valence-electron chi connectivity index (χ3n) is 5.31. The maximum Gasteiger partial charge on any atom is 0.326 e. The fourth-order valence-corrected chi connectivity index (χ4v) is 5.34. The normalized spacial score (nSPS) is 16.3. The van der Waals surface area contributed by atoms with Gasteiger partial charge in [0.2, 0.25) is 5.91 Å². The molecule has 1 unspecified atom stereocenters. The number of rotatable bonds is 4. The lowest BCUT2D eigenvalue weighted by atomic mass is 10.0. The molecule has 0 saturated carbocycles. The van der Waals surface area contributed by atoms with Gasteiger partial charge in [-0.3, -0.25) is 9.36 Å². The first-order valence-corrected chi connectivity index (χ1v) is 11.2. The molecule has 5 nitrogen and oxygen atoms in total. The van der Waals surface area contributed by atoms with Gasteiger partial charge >= 0.3 is 5.69 Å². The zero-order valence-corrected chi connectivity index (χ0v) is 18.2. The number of aromatic amines is 1. The molecule has 0 bridgehead atoms. The molecule has 0 spiro atoms. The molecule has 1 fully saturated rings. The molecule has 1 aliphatic heterocycles. The van der Waals surface area contributed by atoms with E-state index in [4.69, 9.17) is 23.2 Å². The van der Waals surface area contributed by atoms with Crippen LogP contribution in [-0.2, 0) is 4.79 Å². The van der Waals surface area contributed by atoms with Gasteiger partial charge in [0.05, 0.1) is 21.3 Å². The largest absolute Gasteiger partial charge is 0.342 e. The van der Waals surface area contributed by atoms with E-state index in [2.05, 4.69) is 4.98 Å². The Labute approximate surface area is 183 Å². The summed E-state index contributed by atoms with van der Waals surface area (Å²) in [6.07, 6.45) is 1.51. The van der Waals surface area contributed by atoms with Crippen molar-refractivity contribution in [1.82, 2.24) is 14.5 Å². The number of hydrogen-bond donors (Lipinski definition) is 1. The summed E-state index contributed by atoms with van der Waals surface area (Å²) in [4.78, 5) is 31.0. The number of imidazole rings is 1. The molecule has 29 heavy (non-hydrogen) atoms. The van der Waals surface area contributed by atoms with Crippen LogP contribution in [-0.4, -0.2) is 38.7 Å². The summed E-state index contributed by atoms with van der Waals surface area (Å²) in [6.45, 7) is 3.15. The Kier molecular flexibility index (Phi) is 5.95. The molecule has 3 aromatic rings. The lowest BCUT2D eigenvalue weighted by Crippen LogP contribution is -2.43. The molecule has 2 aromatic carbocycles. The SMILES string of the molecule is CC(Sc1cc(Cl)ccc1Cl)C(=O)N1CCC(n2c(=O)[nH]c3ccccc32)CC1. The minimum Gasteiger partial charge on any atom is -0.342 e. The van der Waals surface area contributed by atoms with E-state index < -0.39 is 0 Å². The highest BCUT2D eigenvalue weighted by Crippen LogP contribution is 2.34. The number of halogens is 2. The molecule has 1 N–H and O–H groups in total. The van der Waals surface area contributed by atoms with E-state index in [1.807, 2.05) is 40.7 Å². The third kappa shape index (κ3) is 4.20. The molecule has 8 heteroatoms. The number of carbonyl (C=O) groups excluding carboxylic acids is 1. The molecule has 1 saturated heterocycles. The molecule has 2 heterocycles. The van der Waals surface area contributed by atoms with Gasteiger partial charge in [-0.15, -0.1) is 11.8 Å². The fraction of sp³-hybridized carbons (Fsp3) is 0.333. The van der Waals surface area contributed by atoms with Crippen molar-refractivity contribution in [2.45, 2.75) is 36.0 Å². The second-order valence-corrected chi connectivity index (χ2v) is 9.43. The number of carbonyl (C=O) groups is 1. The second-order valence-electron chi connectivity index (χ2n) is 7.21. The number of aromatic nitrogens is 2. The van der Waals surface area contributed by atoms with E-state index in [0.29, 0.717) is 23.1 Å². The van der Waals surface area contributed by atoms with Crippen molar-refractivity contribution in [3.8, 4) is 0 Å². The Balaban J connectivity index is 1.42. The minimum absolute atomic E-state index is 0.0794. The zero-order chi connectivity index (χ0) is 20.5. The molecule has 152 valence electrons. The first-order chi connectivity index (χ1) is 13.9. The van der Waals surface area contributed by atoms with E-state index >= 15 is 0 Å². The van der Waals surface area contributed by atoms with Crippen molar-refractivity contribution in [3.05, 3.63) is 63.0 Å². The first-order valence-electron chi connectivity index (χ1n) is 9.54. The van der Waals surface area contributed by atoms with Crippen molar-refractivity contribution in [3.63, 3.8) is 0 Å². The lowest BCUT2D eigenvalue weighted by molar-refractivity contribution is -0.131. The number of piperidine rings is 1. The highest BCUT2D eigenvalue weighted by atomic mass is 35.5. The summed E-state index contributed by atoms with van der Waals surface area (Å²) in [5.74, 6) is 0.0794. The van der Waals surface area contributed by atoms with E-state index in [9.17, 15) is 9.59 Å². The standard InChI is InChI=1S/C21H21Cl2N3O2S/c1-13(29-19-12-14(22)6-7-16(19)23)20(27)25-10-8-15(9-11-25)26-18-5-3-2-4-17(18)24-21(26)28/h2-7,12-13,15H,8-11H2,1H3,(H,24,28). The average Bonchev–Trinajstić information content (AvgIpc) is 3.06. The number of para-hydroxylation sites is 2. The number of benzene rings is 2. The van der Waals surface area contributed by atoms with Crippen LogP contribution in [0.1, 0.15) is 25.8 Å². The van der Waals surface area contributed by atoms with Crippen molar-refractivity contribution >= 4 is 51.9 Å². The minimum atomic E-state index is -0.265. The Bertz CT molecular complexity index is 1100. The second kappa shape index (κ2) is 8.46. The summed E-state index contributed by atoms with van der Waals surface area (Å²) in [5.41, 5.74) is 1.68. The summed E-state index contributed by atoms with van der Waals surface area (Å²) in [7, 11) is 0. The van der Waals surface area contributed by atoms with Crippen LogP contribution in [0.2, 0.25) is 10.0 Å². The van der Waals surface area contributed by atoms with Crippen LogP contribution in [0.15, 0.2) is 52.2 Å². The van der Waals surface area contributed by atoms with E-state index in [-0.39, 0.29) is 22.9 Å². The number of H-pyrrole nitrogens is 1. The van der Waals surface area contributed by atoms with E-state index in [0.717, 1.165) is 28.8 Å². The third-order valence-corrected chi connectivity index (χ3v) is 7.13. The van der Waals surface area contributed by atoms with Crippen LogP contribution in [0.5, 0.6) is 0 Å². The monoisotopic (exact) mass is 449 g/mol. The number of fused-ring (bicyclic) bond motifs is 1. The molecule has 0 radical (unpaired) electrons. The van der Waals surface area contributed by atoms with Crippen molar-refractivity contribution < 1.29 is 4.79 Å². The van der Waals surface area contributed by atoms with Crippen LogP contribution in [0.25, 0.3) is 11.0 Å². The molecule has 0 aliphatic carbocycles. The summed E-state index contributed by atoms with van der Waals surface area (Å²) < 4.78 is 1.83. The van der Waals surface area contributed by atoms with Crippen LogP contribution in [0.3, 0.4) is 0 Å². The average molecular weight is 450 g/mol. The van der Waals surface area contributed by atoms with Crippen LogP contribution in [0, 0.1) is 0 Å². The summed E-state index contributed by atoms with van der Waals surface area (Å²) >= 11 is 13.7. The van der Waals surface area contributed by atoms with Gasteiger partial charge in [-0.2, -0.15) is 0 Å². The van der Waals surface area contributed by atoms with E-state index in [1.165, 1.54) is 11.8 Å². The van der Waals surface area contributed by atoms with Gasteiger partial charge in [-0.05, 0) is 50.1 Å². The number of hydrogen-bond acceptors (Lipinski definition) is 3. The number of nitrogens with zero attached hydrogens (tertiary/aromatic N) is 2. The lowest BCUT2D eigenvalue weighted by Gasteiger charge is -2.34. The zero-order valence-electron chi connectivity index (χ0n) is 15.9. The van der Waals surface area contributed by atoms with Crippen molar-refractivity contribution in [2.75, 3.05) is 13.1 Å². The van der Waals surface area contributed by atoms with Crippen molar-refractivity contribution in [2.24, 2.45) is 0 Å². The predicted molar refractivity (Wildman–Crippen MR) is 119 cm³/mol. The highest BCUT2D eigenvalue weighted by Gasteiger charge is 2.29. The molecular formula is C21H21Cl2N3O2S. The van der Waals surface area contributed by atoms with E-state index in [1.54, 1.807) is 18.2 Å². The van der Waals surface area contributed by atoms with Gasteiger partial charge in [0.25, 0.3) is 0 Å². The molecular weight excluding hydrogens is 429 g/mol. The van der Waals surface area contributed by atoms with Gasteiger partial charge < -0.3 is 9.88 Å². The Hall–Kier alpha value is -1.89. The quantitative estimate of drug-likeness (QED) is 0.571. The molecule has 4 rings (SSSR count). The highest BCUT2D eigenvalue weighted by molar-refractivity contribution is 8.00. The molecule has 1 aliphatic rings. The Morgan fingerprint density at radius 2 is 1.90 bits per heavy atom. The van der Waals surface area contributed by atoms with Crippen molar-refractivity contribution in [1.29, 1.82) is 0 Å². The topological polar surface area (TPSA) is 58.1 Å². The smallest absolute Gasteiger partial charge is 0.326 e. The number of amides is 1. The summed E-state index contributed by atoms with van der Waals surface area (Å²) in [6, 6.07) is 13.1. The van der Waals surface area contributed by atoms with Gasteiger partial charge in [0, 0.05) is 29.0 Å². The van der Waals surface area contributed by atoms with Crippen LogP contribution < -0.4 is 5.69 Å². The van der Waals surface area contributed by atoms with Gasteiger partial charge in [0.1, 0.15) is 0 Å². The Morgan fingerprint density at radius 1 is 1.17 bits per heavy atom. The molecule has 1 amide bonds. The number of likely N-dealkylation sites (tertiary alicyclic amines) is 1. The molecule has 1 atom stereocenters. The number of thioether (sulfide) groups is 1. The van der Waals surface area contributed by atoms with Gasteiger partial charge in [0.15, 0.2) is 0 Å². The maximum absolute atomic E-state index is 12.9. The first kappa shape index (κ1) is 20.4. The fourth-order valence-electron chi connectivity index (χ4n) is 3.85. The number of nitrogens with one attached hydrogen (secondary N) is 1. The van der Waals surface area contributed by atoms with Crippen LogP contribution >= 0.6 is 35.0 Å². The van der Waals surface area contributed by atoms with Gasteiger partial charge in [-0.1, -0.05) is 35.3 Å². The van der Waals surface area contributed by atoms with Gasteiger partial charge in [-0.25, -0.2) is 4.79 Å². The molecule has 1 aromatic heterocycles.